The van der Waals surface area contributed by atoms with Crippen LogP contribution in [-0.4, -0.2) is 4.98 Å². The van der Waals surface area contributed by atoms with Gasteiger partial charge in [0.1, 0.15) is 0 Å². The number of nitrogens with zero attached hydrogens (tertiary/aromatic N) is 1. The van der Waals surface area contributed by atoms with Crippen LogP contribution in [0, 0.1) is 36.0 Å². The Morgan fingerprint density at radius 2 is 1.37 bits per heavy atom. The van der Waals surface area contributed by atoms with Crippen molar-refractivity contribution in [3.63, 3.8) is 0 Å². The molecule has 0 aliphatic heterocycles. The number of halogens is 5. The van der Waals surface area contributed by atoms with Crippen molar-refractivity contribution in [3.8, 4) is 11.3 Å². The molecule has 2 nitrogen and oxygen atoms in total. The normalized spacial score (nSPS) is 10.8. The molecule has 0 atom stereocenters. The lowest BCUT2D eigenvalue weighted by Crippen LogP contribution is -2.06. The van der Waals surface area contributed by atoms with Gasteiger partial charge in [-0.2, -0.15) is 0 Å². The first kappa shape index (κ1) is 13.3. The topological polar surface area (TPSA) is 38.9 Å². The van der Waals surface area contributed by atoms with Gasteiger partial charge in [-0.1, -0.05) is 0 Å². The maximum atomic E-state index is 13.6. The number of nitrogens with two attached hydrogens (primary N) is 1. The summed E-state index contributed by atoms with van der Waals surface area (Å²) in [5.41, 5.74) is 4.41. The van der Waals surface area contributed by atoms with Gasteiger partial charge in [0.15, 0.2) is 23.3 Å². The predicted molar refractivity (Wildman–Crippen MR) is 58.6 cm³/mol. The molecule has 0 aliphatic carbocycles. The molecule has 19 heavy (non-hydrogen) atoms. The fraction of sp³-hybridized carbons (Fsp3) is 0.0833. The highest BCUT2D eigenvalue weighted by atomic mass is 19.2. The lowest BCUT2D eigenvalue weighted by atomic mass is 10.0. The van der Waals surface area contributed by atoms with Crippen molar-refractivity contribution in [2.45, 2.75) is 6.92 Å². The summed E-state index contributed by atoms with van der Waals surface area (Å²) >= 11 is 0. The highest BCUT2D eigenvalue weighted by molar-refractivity contribution is 5.66. The summed E-state index contributed by atoms with van der Waals surface area (Å²) in [7, 11) is 0. The summed E-state index contributed by atoms with van der Waals surface area (Å²) in [5.74, 6) is -10.1. The van der Waals surface area contributed by atoms with Crippen LogP contribution < -0.4 is 5.73 Å². The zero-order valence-corrected chi connectivity index (χ0v) is 9.57. The molecule has 1 heterocycles. The van der Waals surface area contributed by atoms with E-state index in [4.69, 9.17) is 5.73 Å². The number of benzene rings is 1. The van der Waals surface area contributed by atoms with Gasteiger partial charge in [0.25, 0.3) is 0 Å². The third kappa shape index (κ3) is 2.00. The number of aryl methyl sites for hydroxylation is 1. The maximum absolute atomic E-state index is 13.6. The van der Waals surface area contributed by atoms with E-state index < -0.39 is 34.6 Å². The molecule has 0 saturated carbocycles. The molecule has 0 aliphatic rings. The zero-order chi connectivity index (χ0) is 14.3. The molecule has 0 saturated heterocycles. The minimum absolute atomic E-state index is 0.197. The van der Waals surface area contributed by atoms with Crippen molar-refractivity contribution in [3.05, 3.63) is 46.9 Å². The van der Waals surface area contributed by atoms with Crippen molar-refractivity contribution >= 4 is 5.69 Å². The Balaban J connectivity index is 2.83. The molecular formula is C12H7F5N2. The van der Waals surface area contributed by atoms with E-state index in [1.807, 2.05) is 0 Å². The molecule has 0 amide bonds. The van der Waals surface area contributed by atoms with E-state index in [0.717, 1.165) is 6.20 Å². The second-order valence-corrected chi connectivity index (χ2v) is 3.88. The SMILES string of the molecule is Cc1cc(N)cnc1-c1c(F)c(F)c(F)c(F)c1F. The van der Waals surface area contributed by atoms with E-state index in [0.29, 0.717) is 0 Å². The first-order valence-electron chi connectivity index (χ1n) is 5.08. The largest absolute Gasteiger partial charge is 0.397 e. The summed E-state index contributed by atoms with van der Waals surface area (Å²) in [6.45, 7) is 1.40. The first-order chi connectivity index (χ1) is 8.84. The molecule has 1 aromatic heterocycles. The summed E-state index contributed by atoms with van der Waals surface area (Å²) in [4.78, 5) is 3.62. The van der Waals surface area contributed by atoms with Crippen LogP contribution in [0.15, 0.2) is 12.3 Å². The fourth-order valence-electron chi connectivity index (χ4n) is 1.67. The molecular weight excluding hydrogens is 267 g/mol. The van der Waals surface area contributed by atoms with Crippen LogP contribution in [0.3, 0.4) is 0 Å². The third-order valence-electron chi connectivity index (χ3n) is 2.55. The lowest BCUT2D eigenvalue weighted by Gasteiger charge is -2.10. The molecule has 0 spiro atoms. The van der Waals surface area contributed by atoms with Crippen molar-refractivity contribution in [2.75, 3.05) is 5.73 Å². The zero-order valence-electron chi connectivity index (χ0n) is 9.57. The first-order valence-corrected chi connectivity index (χ1v) is 5.08. The van der Waals surface area contributed by atoms with E-state index in [-0.39, 0.29) is 16.9 Å². The van der Waals surface area contributed by atoms with Crippen LogP contribution in [0.4, 0.5) is 27.6 Å². The number of nitrogen functional groups attached to an aromatic ring is 1. The number of pyridine rings is 1. The van der Waals surface area contributed by atoms with E-state index in [2.05, 4.69) is 4.98 Å². The lowest BCUT2D eigenvalue weighted by molar-refractivity contribution is 0.381. The van der Waals surface area contributed by atoms with Crippen LogP contribution in [0.2, 0.25) is 0 Å². The Bertz CT molecular complexity index is 641. The van der Waals surface area contributed by atoms with Crippen LogP contribution in [-0.2, 0) is 0 Å². The van der Waals surface area contributed by atoms with Gasteiger partial charge < -0.3 is 5.73 Å². The summed E-state index contributed by atoms with van der Waals surface area (Å²) in [6, 6.07) is 1.32. The van der Waals surface area contributed by atoms with Crippen molar-refractivity contribution in [1.82, 2.24) is 4.98 Å². The van der Waals surface area contributed by atoms with Gasteiger partial charge in [-0.15, -0.1) is 0 Å². The molecule has 0 bridgehead atoms. The monoisotopic (exact) mass is 274 g/mol. The number of rotatable bonds is 1. The minimum Gasteiger partial charge on any atom is -0.397 e. The molecule has 0 unspecified atom stereocenters. The number of hydrogen-bond donors (Lipinski definition) is 1. The van der Waals surface area contributed by atoms with Gasteiger partial charge >= 0.3 is 0 Å². The number of hydrogen-bond acceptors (Lipinski definition) is 2. The van der Waals surface area contributed by atoms with Crippen LogP contribution in [0.5, 0.6) is 0 Å². The van der Waals surface area contributed by atoms with E-state index in [9.17, 15) is 22.0 Å². The average Bonchev–Trinajstić information content (AvgIpc) is 2.37. The number of aromatic nitrogens is 1. The molecule has 2 N–H and O–H groups in total. The second-order valence-electron chi connectivity index (χ2n) is 3.88. The average molecular weight is 274 g/mol. The van der Waals surface area contributed by atoms with E-state index in [1.54, 1.807) is 0 Å². The van der Waals surface area contributed by atoms with Crippen LogP contribution in [0.25, 0.3) is 11.3 Å². The standard InChI is InChI=1S/C12H7F5N2/c1-4-2-5(18)3-19-12(4)6-7(13)9(15)11(17)10(16)8(6)14/h2-3H,18H2,1H3. The predicted octanol–water partition coefficient (Wildman–Crippen LogP) is 3.33. The van der Waals surface area contributed by atoms with E-state index >= 15 is 0 Å². The highest BCUT2D eigenvalue weighted by Crippen LogP contribution is 2.32. The highest BCUT2D eigenvalue weighted by Gasteiger charge is 2.27. The molecule has 2 aromatic rings. The number of anilines is 1. The smallest absolute Gasteiger partial charge is 0.200 e. The molecule has 0 radical (unpaired) electrons. The quantitative estimate of drug-likeness (QED) is 0.492. The molecule has 2 rings (SSSR count). The third-order valence-corrected chi connectivity index (χ3v) is 2.55. The van der Waals surface area contributed by atoms with Crippen molar-refractivity contribution < 1.29 is 22.0 Å². The fourth-order valence-corrected chi connectivity index (χ4v) is 1.67. The summed E-state index contributed by atoms with van der Waals surface area (Å²) < 4.78 is 66.2. The Labute approximate surface area is 104 Å². The molecule has 1 aromatic carbocycles. The Morgan fingerprint density at radius 1 is 0.895 bits per heavy atom. The Kier molecular flexibility index (Phi) is 3.13. The second kappa shape index (κ2) is 4.49. The van der Waals surface area contributed by atoms with Gasteiger partial charge in [0.05, 0.1) is 23.1 Å². The van der Waals surface area contributed by atoms with Gasteiger partial charge in [0.2, 0.25) is 5.82 Å². The Hall–Kier alpha value is -2.18. The van der Waals surface area contributed by atoms with E-state index in [1.165, 1.54) is 13.0 Å². The summed E-state index contributed by atoms with van der Waals surface area (Å²) in [5, 5.41) is 0. The van der Waals surface area contributed by atoms with Crippen LogP contribution >= 0.6 is 0 Å². The summed E-state index contributed by atoms with van der Waals surface area (Å²) in [6.07, 6.45) is 1.07. The van der Waals surface area contributed by atoms with Gasteiger partial charge in [-0.05, 0) is 18.6 Å². The minimum atomic E-state index is -2.20. The van der Waals surface area contributed by atoms with Crippen LogP contribution in [0.1, 0.15) is 5.56 Å². The molecule has 0 fully saturated rings. The van der Waals surface area contributed by atoms with Gasteiger partial charge in [-0.25, -0.2) is 22.0 Å². The molecule has 100 valence electrons. The molecule has 7 heteroatoms. The van der Waals surface area contributed by atoms with Crippen molar-refractivity contribution in [2.24, 2.45) is 0 Å². The Morgan fingerprint density at radius 3 is 1.84 bits per heavy atom. The van der Waals surface area contributed by atoms with Crippen molar-refractivity contribution in [1.29, 1.82) is 0 Å². The maximum Gasteiger partial charge on any atom is 0.200 e. The van der Waals surface area contributed by atoms with Gasteiger partial charge in [-0.3, -0.25) is 4.98 Å². The van der Waals surface area contributed by atoms with Gasteiger partial charge in [0, 0.05) is 0 Å².